The fourth-order valence-corrected chi connectivity index (χ4v) is 3.98. The Labute approximate surface area is 160 Å². The maximum atomic E-state index is 11.6. The minimum absolute atomic E-state index is 0.199. The van der Waals surface area contributed by atoms with Crippen molar-refractivity contribution in [2.45, 2.75) is 23.4 Å². The first-order valence-corrected chi connectivity index (χ1v) is 9.03. The molecule has 3 heterocycles. The van der Waals surface area contributed by atoms with Crippen molar-refractivity contribution in [2.24, 2.45) is 5.73 Å². The van der Waals surface area contributed by atoms with Crippen LogP contribution in [-0.4, -0.2) is 39.3 Å². The number of hydrogen-bond donors (Lipinski definition) is 1. The van der Waals surface area contributed by atoms with E-state index in [1.54, 1.807) is 35.8 Å². The van der Waals surface area contributed by atoms with E-state index in [9.17, 15) is 4.79 Å². The first-order valence-electron chi connectivity index (χ1n) is 8.21. The molecule has 0 fully saturated rings. The molecular formula is C18H17N6O2S. The lowest BCUT2D eigenvalue weighted by Gasteiger charge is -2.30. The second-order valence-corrected chi connectivity index (χ2v) is 7.05. The molecular weight excluding hydrogens is 364 g/mol. The molecule has 0 unspecified atom stereocenters. The molecule has 0 aliphatic carbocycles. The Balaban J connectivity index is 1.73. The summed E-state index contributed by atoms with van der Waals surface area (Å²) in [6.07, 6.45) is 6.15. The van der Waals surface area contributed by atoms with E-state index in [4.69, 9.17) is 10.5 Å². The Hall–Kier alpha value is -2.91. The van der Waals surface area contributed by atoms with E-state index in [1.807, 2.05) is 24.0 Å². The summed E-state index contributed by atoms with van der Waals surface area (Å²) in [4.78, 5) is 27.5. The van der Waals surface area contributed by atoms with E-state index < -0.39 is 5.91 Å². The molecule has 27 heavy (non-hydrogen) atoms. The highest BCUT2D eigenvalue weighted by molar-refractivity contribution is 7.99. The van der Waals surface area contributed by atoms with Gasteiger partial charge in [-0.3, -0.25) is 9.69 Å². The Bertz CT molecular complexity index is 1020. The molecule has 137 valence electrons. The number of ether oxygens (including phenoxy) is 1. The molecule has 4 rings (SSSR count). The molecule has 0 bridgehead atoms. The second-order valence-electron chi connectivity index (χ2n) is 6.02. The van der Waals surface area contributed by atoms with Crippen LogP contribution >= 0.6 is 11.8 Å². The number of fused-ring (bicyclic) bond motifs is 2. The Morgan fingerprint density at radius 2 is 2.15 bits per heavy atom. The van der Waals surface area contributed by atoms with Crippen molar-refractivity contribution in [1.29, 1.82) is 0 Å². The number of rotatable bonds is 5. The van der Waals surface area contributed by atoms with E-state index >= 15 is 0 Å². The molecule has 9 heteroatoms. The number of imidazole rings is 1. The summed E-state index contributed by atoms with van der Waals surface area (Å²) in [6, 6.07) is 6.11. The van der Waals surface area contributed by atoms with Gasteiger partial charge in [0.25, 0.3) is 5.91 Å². The smallest absolute Gasteiger partial charge is 0.284 e. The summed E-state index contributed by atoms with van der Waals surface area (Å²) in [5.74, 6) is 0.390. The summed E-state index contributed by atoms with van der Waals surface area (Å²) in [5.41, 5.74) is 8.15. The van der Waals surface area contributed by atoms with Crippen LogP contribution in [0.3, 0.4) is 0 Å². The lowest BCUT2D eigenvalue weighted by molar-refractivity contribution is 0.0986. The number of carbonyl (C=O) groups excluding carboxylic acids is 1. The van der Waals surface area contributed by atoms with Gasteiger partial charge < -0.3 is 15.0 Å². The molecule has 1 radical (unpaired) electrons. The van der Waals surface area contributed by atoms with Crippen LogP contribution in [0.4, 0.5) is 11.5 Å². The zero-order valence-electron chi connectivity index (χ0n) is 14.8. The van der Waals surface area contributed by atoms with Crippen molar-refractivity contribution in [1.82, 2.24) is 19.5 Å². The Kier molecular flexibility index (Phi) is 4.54. The minimum Gasteiger partial charge on any atom is -0.364 e. The number of hydrogen-bond acceptors (Lipinski definition) is 7. The lowest BCUT2D eigenvalue weighted by atomic mass is 10.1. The summed E-state index contributed by atoms with van der Waals surface area (Å²) >= 11 is 1.57. The first-order chi connectivity index (χ1) is 13.1. The van der Waals surface area contributed by atoms with Crippen LogP contribution in [0.2, 0.25) is 0 Å². The molecule has 1 aromatic carbocycles. The minimum atomic E-state index is -0.571. The van der Waals surface area contributed by atoms with Gasteiger partial charge in [0.15, 0.2) is 11.6 Å². The SMILES string of the molecule is COCN1c2cc(Cn3c(C)[c]nc3C(N)=O)ccc2Sc2nccnc21. The highest BCUT2D eigenvalue weighted by Crippen LogP contribution is 2.46. The molecule has 1 aliphatic rings. The van der Waals surface area contributed by atoms with E-state index in [1.165, 1.54) is 0 Å². The lowest BCUT2D eigenvalue weighted by Crippen LogP contribution is -2.25. The van der Waals surface area contributed by atoms with Crippen LogP contribution in [0.1, 0.15) is 21.9 Å². The number of nitrogens with two attached hydrogens (primary N) is 1. The van der Waals surface area contributed by atoms with Crippen molar-refractivity contribution >= 4 is 29.2 Å². The average Bonchev–Trinajstić information content (AvgIpc) is 3.03. The molecule has 2 N–H and O–H groups in total. The summed E-state index contributed by atoms with van der Waals surface area (Å²) in [7, 11) is 1.64. The monoisotopic (exact) mass is 381 g/mol. The Morgan fingerprint density at radius 3 is 2.93 bits per heavy atom. The fraction of sp³-hybridized carbons (Fsp3) is 0.222. The number of nitrogens with zero attached hydrogens (tertiary/aromatic N) is 5. The Morgan fingerprint density at radius 1 is 1.33 bits per heavy atom. The van der Waals surface area contributed by atoms with Gasteiger partial charge in [-0.2, -0.15) is 0 Å². The van der Waals surface area contributed by atoms with E-state index in [0.717, 1.165) is 32.7 Å². The molecule has 0 saturated carbocycles. The van der Waals surface area contributed by atoms with Crippen LogP contribution in [-0.2, 0) is 11.3 Å². The summed E-state index contributed by atoms with van der Waals surface area (Å²) in [6.45, 7) is 2.66. The van der Waals surface area contributed by atoms with E-state index in [-0.39, 0.29) is 5.82 Å². The predicted octanol–water partition coefficient (Wildman–Crippen LogP) is 2.14. The second kappa shape index (κ2) is 7.01. The largest absolute Gasteiger partial charge is 0.364 e. The molecule has 0 spiro atoms. The standard InChI is InChI=1S/C18H17N6O2S/c1-11-8-22-16(15(19)25)23(11)9-12-3-4-14-13(7-12)24(10-26-2)17-18(27-14)21-6-5-20-17/h3-7H,9-10H2,1-2H3,(H2,19,25). The first kappa shape index (κ1) is 17.5. The van der Waals surface area contributed by atoms with Crippen molar-refractivity contribution in [3.63, 3.8) is 0 Å². The molecule has 2 aromatic heterocycles. The molecule has 1 amide bonds. The van der Waals surface area contributed by atoms with Crippen molar-refractivity contribution in [2.75, 3.05) is 18.7 Å². The van der Waals surface area contributed by atoms with Crippen molar-refractivity contribution < 1.29 is 9.53 Å². The van der Waals surface area contributed by atoms with Gasteiger partial charge >= 0.3 is 0 Å². The number of anilines is 2. The van der Waals surface area contributed by atoms with Crippen molar-refractivity contribution in [3.05, 3.63) is 53.9 Å². The molecule has 0 atom stereocenters. The summed E-state index contributed by atoms with van der Waals surface area (Å²) < 4.78 is 7.14. The van der Waals surface area contributed by atoms with E-state index in [2.05, 4.69) is 27.2 Å². The van der Waals surface area contributed by atoms with Crippen LogP contribution in [0.25, 0.3) is 0 Å². The highest BCUT2D eigenvalue weighted by Gasteiger charge is 2.26. The number of methoxy groups -OCH3 is 1. The van der Waals surface area contributed by atoms with Crippen LogP contribution < -0.4 is 10.6 Å². The average molecular weight is 381 g/mol. The molecule has 3 aromatic rings. The quantitative estimate of drug-likeness (QED) is 0.723. The maximum absolute atomic E-state index is 11.6. The third kappa shape index (κ3) is 3.15. The van der Waals surface area contributed by atoms with Gasteiger partial charge in [0, 0.05) is 36.6 Å². The van der Waals surface area contributed by atoms with Crippen molar-refractivity contribution in [3.8, 4) is 0 Å². The normalized spacial score (nSPS) is 12.6. The number of carbonyl (C=O) groups is 1. The van der Waals surface area contributed by atoms with Gasteiger partial charge in [-0.05, 0) is 24.6 Å². The van der Waals surface area contributed by atoms with Gasteiger partial charge in [0.1, 0.15) is 18.0 Å². The van der Waals surface area contributed by atoms with Gasteiger partial charge in [0.2, 0.25) is 0 Å². The number of benzene rings is 1. The van der Waals surface area contributed by atoms with Gasteiger partial charge in [-0.25, -0.2) is 15.0 Å². The highest BCUT2D eigenvalue weighted by atomic mass is 32.2. The number of primary amides is 1. The molecule has 1 aliphatic heterocycles. The van der Waals surface area contributed by atoms with Crippen LogP contribution in [0.5, 0.6) is 0 Å². The van der Waals surface area contributed by atoms with Gasteiger partial charge in [0.05, 0.1) is 5.69 Å². The zero-order valence-corrected chi connectivity index (χ0v) is 15.7. The third-order valence-corrected chi connectivity index (χ3v) is 5.27. The topological polar surface area (TPSA) is 99.2 Å². The molecule has 8 nitrogen and oxygen atoms in total. The van der Waals surface area contributed by atoms with Crippen LogP contribution in [0, 0.1) is 13.1 Å². The maximum Gasteiger partial charge on any atom is 0.284 e. The van der Waals surface area contributed by atoms with Crippen LogP contribution in [0.15, 0.2) is 40.5 Å². The number of amides is 1. The number of aryl methyl sites for hydroxylation is 1. The third-order valence-electron chi connectivity index (χ3n) is 4.23. The molecule has 0 saturated heterocycles. The summed E-state index contributed by atoms with van der Waals surface area (Å²) in [5, 5.41) is 0.839. The number of aromatic nitrogens is 4. The van der Waals surface area contributed by atoms with Gasteiger partial charge in [-0.1, -0.05) is 17.8 Å². The predicted molar refractivity (Wildman–Crippen MR) is 100 cm³/mol. The van der Waals surface area contributed by atoms with E-state index in [0.29, 0.717) is 13.3 Å². The fourth-order valence-electron chi connectivity index (χ4n) is 2.99. The zero-order chi connectivity index (χ0) is 19.0. The van der Waals surface area contributed by atoms with Gasteiger partial charge in [-0.15, -0.1) is 0 Å².